The second-order valence-corrected chi connectivity index (χ2v) is 8.41. The van der Waals surface area contributed by atoms with Gasteiger partial charge in [0.05, 0.1) is 30.3 Å². The molecule has 1 aliphatic rings. The fourth-order valence-corrected chi connectivity index (χ4v) is 4.29. The lowest BCUT2D eigenvalue weighted by molar-refractivity contribution is 0.168. The highest BCUT2D eigenvalue weighted by molar-refractivity contribution is 5.79. The molecular weight excluding hydrogens is 404 g/mol. The van der Waals surface area contributed by atoms with Crippen LogP contribution in [0.5, 0.6) is 5.75 Å². The van der Waals surface area contributed by atoms with Crippen LogP contribution in [0.2, 0.25) is 0 Å². The van der Waals surface area contributed by atoms with Crippen molar-refractivity contribution in [2.75, 3.05) is 31.6 Å². The van der Waals surface area contributed by atoms with E-state index >= 15 is 0 Å². The van der Waals surface area contributed by atoms with E-state index in [0.29, 0.717) is 25.1 Å². The fraction of sp³-hybridized carbons (Fsp3) is 0.458. The molecule has 1 aromatic carbocycles. The van der Waals surface area contributed by atoms with Crippen LogP contribution >= 0.6 is 0 Å². The number of aliphatic hydroxyl groups excluding tert-OH is 1. The summed E-state index contributed by atoms with van der Waals surface area (Å²) in [6.45, 7) is 5.10. The summed E-state index contributed by atoms with van der Waals surface area (Å²) < 4.78 is 2.08. The van der Waals surface area contributed by atoms with Gasteiger partial charge in [0.2, 0.25) is 5.95 Å². The normalized spacial score (nSPS) is 15.2. The average molecular weight is 435 g/mol. The predicted molar refractivity (Wildman–Crippen MR) is 124 cm³/mol. The van der Waals surface area contributed by atoms with Crippen LogP contribution in [0.3, 0.4) is 0 Å². The van der Waals surface area contributed by atoms with Gasteiger partial charge in [-0.05, 0) is 56.0 Å². The van der Waals surface area contributed by atoms with Gasteiger partial charge in [-0.15, -0.1) is 0 Å². The summed E-state index contributed by atoms with van der Waals surface area (Å²) in [4.78, 5) is 11.7. The number of piperidine rings is 1. The van der Waals surface area contributed by atoms with Gasteiger partial charge < -0.3 is 25.0 Å². The Balaban J connectivity index is 1.65. The molecule has 0 radical (unpaired) electrons. The summed E-state index contributed by atoms with van der Waals surface area (Å²) in [6, 6.07) is 12.1. The van der Waals surface area contributed by atoms with Crippen molar-refractivity contribution >= 4 is 17.0 Å². The van der Waals surface area contributed by atoms with E-state index in [2.05, 4.69) is 31.9 Å². The number of nitriles is 1. The maximum atomic E-state index is 10.4. The van der Waals surface area contributed by atoms with Crippen LogP contribution in [0.4, 0.5) is 5.95 Å². The number of aromatic hydroxyl groups is 1. The molecule has 8 nitrogen and oxygen atoms in total. The molecule has 3 N–H and O–H groups in total. The minimum Gasteiger partial charge on any atom is -0.506 e. The third-order valence-corrected chi connectivity index (χ3v) is 6.07. The first-order valence-electron chi connectivity index (χ1n) is 11.2. The Labute approximate surface area is 188 Å². The minimum absolute atomic E-state index is 0.168. The molecular formula is C24H30N6O2. The standard InChI is InChI=1S/C24H30N6O2/c1-17-4-7-23(32)21(26-17)16-30-22-15-18(3-2-10-25)5-6-20(22)28-24(30)27-19-8-11-29(12-9-19)13-14-31/h4-7,15,19,31-32H,2-3,8-9,11-14,16H2,1H3,(H,27,28). The number of hydrogen-bond acceptors (Lipinski definition) is 7. The van der Waals surface area contributed by atoms with Crippen molar-refractivity contribution in [1.29, 1.82) is 5.26 Å². The van der Waals surface area contributed by atoms with Crippen molar-refractivity contribution in [3.05, 3.63) is 47.3 Å². The smallest absolute Gasteiger partial charge is 0.204 e. The topological polar surface area (TPSA) is 110 Å². The Morgan fingerprint density at radius 1 is 1.19 bits per heavy atom. The lowest BCUT2D eigenvalue weighted by Crippen LogP contribution is -2.40. The second kappa shape index (κ2) is 9.98. The first-order chi connectivity index (χ1) is 15.6. The number of benzene rings is 1. The van der Waals surface area contributed by atoms with Crippen LogP contribution in [-0.4, -0.2) is 61.9 Å². The maximum absolute atomic E-state index is 10.4. The van der Waals surface area contributed by atoms with E-state index in [1.807, 2.05) is 19.1 Å². The molecule has 0 atom stereocenters. The second-order valence-electron chi connectivity index (χ2n) is 8.41. The van der Waals surface area contributed by atoms with Crippen molar-refractivity contribution in [3.8, 4) is 11.8 Å². The number of aryl methyl sites for hydroxylation is 2. The Morgan fingerprint density at radius 3 is 2.75 bits per heavy atom. The van der Waals surface area contributed by atoms with Gasteiger partial charge in [0.15, 0.2) is 0 Å². The van der Waals surface area contributed by atoms with Gasteiger partial charge in [-0.1, -0.05) is 6.07 Å². The number of nitrogens with zero attached hydrogens (tertiary/aromatic N) is 5. The van der Waals surface area contributed by atoms with Crippen LogP contribution in [0.1, 0.15) is 36.2 Å². The Hall–Kier alpha value is -3.15. The van der Waals surface area contributed by atoms with E-state index in [9.17, 15) is 10.2 Å². The first kappa shape index (κ1) is 22.1. The molecule has 4 rings (SSSR count). The van der Waals surface area contributed by atoms with Gasteiger partial charge in [-0.25, -0.2) is 4.98 Å². The van der Waals surface area contributed by atoms with Crippen molar-refractivity contribution in [2.24, 2.45) is 0 Å². The van der Waals surface area contributed by atoms with E-state index in [4.69, 9.17) is 10.2 Å². The third kappa shape index (κ3) is 5.01. The molecule has 168 valence electrons. The number of aliphatic hydroxyl groups is 1. The van der Waals surface area contributed by atoms with Gasteiger partial charge in [0, 0.05) is 37.8 Å². The number of anilines is 1. The highest BCUT2D eigenvalue weighted by Gasteiger charge is 2.22. The molecule has 0 bridgehead atoms. The molecule has 0 spiro atoms. The molecule has 0 amide bonds. The number of nitrogens with one attached hydrogen (secondary N) is 1. The maximum Gasteiger partial charge on any atom is 0.204 e. The summed E-state index contributed by atoms with van der Waals surface area (Å²) in [5.41, 5.74) is 4.38. The van der Waals surface area contributed by atoms with Crippen LogP contribution in [0.15, 0.2) is 30.3 Å². The van der Waals surface area contributed by atoms with Crippen LogP contribution in [0, 0.1) is 18.3 Å². The number of fused-ring (bicyclic) bond motifs is 1. The summed E-state index contributed by atoms with van der Waals surface area (Å²) in [6.07, 6.45) is 3.12. The number of pyridine rings is 1. The lowest BCUT2D eigenvalue weighted by Gasteiger charge is -2.32. The quantitative estimate of drug-likeness (QED) is 0.500. The van der Waals surface area contributed by atoms with Crippen molar-refractivity contribution < 1.29 is 10.2 Å². The number of β-amino-alcohol motifs (C(OH)–C–C–N with tert-alkyl or cyclic N) is 1. The number of rotatable bonds is 8. The van der Waals surface area contributed by atoms with E-state index in [-0.39, 0.29) is 18.4 Å². The minimum atomic E-state index is 0.168. The fourth-order valence-electron chi connectivity index (χ4n) is 4.29. The monoisotopic (exact) mass is 434 g/mol. The summed E-state index contributed by atoms with van der Waals surface area (Å²) in [5, 5.41) is 32.1. The number of likely N-dealkylation sites (tertiary alicyclic amines) is 1. The van der Waals surface area contributed by atoms with Gasteiger partial charge >= 0.3 is 0 Å². The van der Waals surface area contributed by atoms with Crippen molar-refractivity contribution in [1.82, 2.24) is 19.4 Å². The molecule has 3 aromatic rings. The largest absolute Gasteiger partial charge is 0.506 e. The molecule has 2 aromatic heterocycles. The first-order valence-corrected chi connectivity index (χ1v) is 11.2. The molecule has 1 fully saturated rings. The zero-order valence-electron chi connectivity index (χ0n) is 18.5. The number of aromatic nitrogens is 3. The molecule has 1 saturated heterocycles. The molecule has 0 saturated carbocycles. The molecule has 3 heterocycles. The Morgan fingerprint density at radius 2 is 2.00 bits per heavy atom. The molecule has 8 heteroatoms. The highest BCUT2D eigenvalue weighted by atomic mass is 16.3. The summed E-state index contributed by atoms with van der Waals surface area (Å²) >= 11 is 0. The molecule has 0 aliphatic carbocycles. The SMILES string of the molecule is Cc1ccc(O)c(Cn2c(NC3CCN(CCO)CC3)nc3ccc(CCC#N)cc32)n1. The summed E-state index contributed by atoms with van der Waals surface area (Å²) in [5.74, 6) is 0.932. The summed E-state index contributed by atoms with van der Waals surface area (Å²) in [7, 11) is 0. The Kier molecular flexibility index (Phi) is 6.88. The van der Waals surface area contributed by atoms with Gasteiger partial charge in [-0.3, -0.25) is 4.98 Å². The highest BCUT2D eigenvalue weighted by Crippen LogP contribution is 2.27. The van der Waals surface area contributed by atoms with E-state index in [1.54, 1.807) is 12.1 Å². The van der Waals surface area contributed by atoms with Gasteiger partial charge in [-0.2, -0.15) is 5.26 Å². The van der Waals surface area contributed by atoms with Gasteiger partial charge in [0.1, 0.15) is 11.4 Å². The third-order valence-electron chi connectivity index (χ3n) is 6.07. The van der Waals surface area contributed by atoms with Crippen LogP contribution in [0.25, 0.3) is 11.0 Å². The Bertz CT molecular complexity index is 1110. The zero-order chi connectivity index (χ0) is 22.5. The molecule has 32 heavy (non-hydrogen) atoms. The average Bonchev–Trinajstić information content (AvgIpc) is 3.12. The van der Waals surface area contributed by atoms with Crippen LogP contribution in [-0.2, 0) is 13.0 Å². The number of imidazole rings is 1. The number of hydrogen-bond donors (Lipinski definition) is 3. The molecule has 0 unspecified atom stereocenters. The van der Waals surface area contributed by atoms with Crippen molar-refractivity contribution in [2.45, 2.75) is 45.2 Å². The van der Waals surface area contributed by atoms with E-state index in [1.165, 1.54) is 0 Å². The molecule has 1 aliphatic heterocycles. The van der Waals surface area contributed by atoms with E-state index in [0.717, 1.165) is 60.7 Å². The van der Waals surface area contributed by atoms with E-state index < -0.39 is 0 Å². The predicted octanol–water partition coefficient (Wildman–Crippen LogP) is 2.82. The lowest BCUT2D eigenvalue weighted by atomic mass is 10.1. The van der Waals surface area contributed by atoms with Gasteiger partial charge in [0.25, 0.3) is 0 Å². The zero-order valence-corrected chi connectivity index (χ0v) is 18.5. The van der Waals surface area contributed by atoms with Crippen LogP contribution < -0.4 is 5.32 Å². The van der Waals surface area contributed by atoms with Crippen molar-refractivity contribution in [3.63, 3.8) is 0 Å².